The first-order valence-electron chi connectivity index (χ1n) is 8.84. The van der Waals surface area contributed by atoms with E-state index >= 15 is 0 Å². The SMILES string of the molecule is NC(=O)c1ccc(C(=O)Nc2ccc(F)c(C#Cc3nnc4ccccn34)c2)cc1. The third-order valence-corrected chi connectivity index (χ3v) is 4.28. The van der Waals surface area contributed by atoms with Gasteiger partial charge in [0.2, 0.25) is 11.7 Å². The van der Waals surface area contributed by atoms with Gasteiger partial charge in [0, 0.05) is 23.0 Å². The number of carbonyl (C=O) groups excluding carboxylic acids is 2. The molecule has 4 rings (SSSR count). The van der Waals surface area contributed by atoms with Crippen molar-refractivity contribution in [2.75, 3.05) is 5.32 Å². The normalized spacial score (nSPS) is 10.3. The fourth-order valence-corrected chi connectivity index (χ4v) is 2.74. The van der Waals surface area contributed by atoms with Crippen LogP contribution in [-0.4, -0.2) is 26.4 Å². The second-order valence-electron chi connectivity index (χ2n) is 6.29. The van der Waals surface area contributed by atoms with Crippen molar-refractivity contribution in [3.63, 3.8) is 0 Å². The average Bonchev–Trinajstić information content (AvgIpc) is 3.17. The summed E-state index contributed by atoms with van der Waals surface area (Å²) in [5.41, 5.74) is 6.92. The number of nitrogens with one attached hydrogen (secondary N) is 1. The molecular weight excluding hydrogens is 385 g/mol. The number of hydrogen-bond acceptors (Lipinski definition) is 4. The molecule has 3 N–H and O–H groups in total. The fraction of sp³-hybridized carbons (Fsp3) is 0. The summed E-state index contributed by atoms with van der Waals surface area (Å²) in [6, 6.07) is 15.4. The van der Waals surface area contributed by atoms with Gasteiger partial charge in [-0.25, -0.2) is 4.39 Å². The van der Waals surface area contributed by atoms with Gasteiger partial charge in [-0.3, -0.25) is 14.0 Å². The molecule has 2 heterocycles. The second-order valence-corrected chi connectivity index (χ2v) is 6.29. The molecule has 0 aliphatic heterocycles. The number of carbonyl (C=O) groups is 2. The van der Waals surface area contributed by atoms with E-state index in [-0.39, 0.29) is 5.56 Å². The Labute approximate surface area is 170 Å². The maximum atomic E-state index is 14.2. The molecule has 0 atom stereocenters. The van der Waals surface area contributed by atoms with Crippen molar-refractivity contribution >= 4 is 23.1 Å². The van der Waals surface area contributed by atoms with Gasteiger partial charge in [0.05, 0.1) is 5.56 Å². The molecule has 0 aliphatic carbocycles. The van der Waals surface area contributed by atoms with Crippen LogP contribution >= 0.6 is 0 Å². The highest BCUT2D eigenvalue weighted by molar-refractivity contribution is 6.05. The molecule has 0 fully saturated rings. The summed E-state index contributed by atoms with van der Waals surface area (Å²) < 4.78 is 15.9. The van der Waals surface area contributed by atoms with Crippen LogP contribution in [0.5, 0.6) is 0 Å². The van der Waals surface area contributed by atoms with Gasteiger partial charge in [-0.15, -0.1) is 10.2 Å². The average molecular weight is 399 g/mol. The Hall–Kier alpha value is -4.51. The summed E-state index contributed by atoms with van der Waals surface area (Å²) in [6.07, 6.45) is 1.76. The Balaban J connectivity index is 1.56. The third-order valence-electron chi connectivity index (χ3n) is 4.28. The van der Waals surface area contributed by atoms with Crippen molar-refractivity contribution in [1.82, 2.24) is 14.6 Å². The van der Waals surface area contributed by atoms with E-state index in [4.69, 9.17) is 5.73 Å². The number of amides is 2. The molecule has 7 nitrogen and oxygen atoms in total. The quantitative estimate of drug-likeness (QED) is 0.517. The molecule has 0 saturated heterocycles. The maximum absolute atomic E-state index is 14.2. The number of pyridine rings is 1. The Bertz CT molecular complexity index is 1330. The number of nitrogens with two attached hydrogens (primary N) is 1. The van der Waals surface area contributed by atoms with Gasteiger partial charge in [-0.2, -0.15) is 0 Å². The summed E-state index contributed by atoms with van der Waals surface area (Å²) in [5.74, 6) is 4.37. The Morgan fingerprint density at radius 1 is 0.967 bits per heavy atom. The van der Waals surface area contributed by atoms with Crippen LogP contribution in [0, 0.1) is 17.7 Å². The predicted molar refractivity (Wildman–Crippen MR) is 108 cm³/mol. The van der Waals surface area contributed by atoms with Gasteiger partial charge in [0.1, 0.15) is 5.82 Å². The summed E-state index contributed by atoms with van der Waals surface area (Å²) >= 11 is 0. The van der Waals surface area contributed by atoms with Crippen LogP contribution in [0.4, 0.5) is 10.1 Å². The number of rotatable bonds is 3. The molecule has 0 unspecified atom stereocenters. The first kappa shape index (κ1) is 18.8. The van der Waals surface area contributed by atoms with Gasteiger partial charge < -0.3 is 11.1 Å². The van der Waals surface area contributed by atoms with Crippen molar-refractivity contribution in [2.45, 2.75) is 0 Å². The predicted octanol–water partition coefficient (Wildman–Crippen LogP) is 2.62. The lowest BCUT2D eigenvalue weighted by Crippen LogP contribution is -2.14. The number of anilines is 1. The number of nitrogens with zero attached hydrogens (tertiary/aromatic N) is 3. The highest BCUT2D eigenvalue weighted by Gasteiger charge is 2.09. The van der Waals surface area contributed by atoms with Crippen LogP contribution in [0.2, 0.25) is 0 Å². The number of primary amides is 1. The Kier molecular flexibility index (Phi) is 4.93. The molecule has 146 valence electrons. The van der Waals surface area contributed by atoms with Crippen molar-refractivity contribution in [3.8, 4) is 11.8 Å². The molecule has 0 spiro atoms. The molecule has 0 saturated carbocycles. The summed E-state index contributed by atoms with van der Waals surface area (Å²) in [5, 5.41) is 10.7. The lowest BCUT2D eigenvalue weighted by atomic mass is 10.1. The summed E-state index contributed by atoms with van der Waals surface area (Å²) in [4.78, 5) is 23.5. The van der Waals surface area contributed by atoms with Crippen LogP contribution < -0.4 is 11.1 Å². The fourth-order valence-electron chi connectivity index (χ4n) is 2.74. The zero-order chi connectivity index (χ0) is 21.1. The van der Waals surface area contributed by atoms with E-state index in [2.05, 4.69) is 27.4 Å². The van der Waals surface area contributed by atoms with Crippen molar-refractivity contribution in [3.05, 3.63) is 95.2 Å². The van der Waals surface area contributed by atoms with Crippen LogP contribution in [0.3, 0.4) is 0 Å². The zero-order valence-electron chi connectivity index (χ0n) is 15.5. The molecule has 0 bridgehead atoms. The van der Waals surface area contributed by atoms with E-state index in [1.54, 1.807) is 16.7 Å². The summed E-state index contributed by atoms with van der Waals surface area (Å²) in [7, 11) is 0. The van der Waals surface area contributed by atoms with Gasteiger partial charge in [0.25, 0.3) is 5.91 Å². The lowest BCUT2D eigenvalue weighted by molar-refractivity contribution is 0.0995. The monoisotopic (exact) mass is 399 g/mol. The molecule has 2 aromatic heterocycles. The molecule has 0 aliphatic rings. The first-order valence-corrected chi connectivity index (χ1v) is 8.84. The van der Waals surface area contributed by atoms with E-state index < -0.39 is 17.6 Å². The van der Waals surface area contributed by atoms with E-state index in [1.807, 2.05) is 12.1 Å². The van der Waals surface area contributed by atoms with Crippen LogP contribution in [-0.2, 0) is 0 Å². The highest BCUT2D eigenvalue weighted by Crippen LogP contribution is 2.16. The molecule has 4 aromatic rings. The minimum atomic E-state index is -0.579. The topological polar surface area (TPSA) is 102 Å². The van der Waals surface area contributed by atoms with Crippen molar-refractivity contribution in [1.29, 1.82) is 0 Å². The van der Waals surface area contributed by atoms with E-state index in [1.165, 1.54) is 42.5 Å². The molecule has 30 heavy (non-hydrogen) atoms. The standard InChI is InChI=1S/C22H14FN5O2/c23-18-10-9-17(25-22(30)15-6-4-14(5-7-15)21(24)29)13-16(18)8-11-20-27-26-19-3-1-2-12-28(19)20/h1-7,9-10,12-13H,(H2,24,29)(H,25,30). The molecule has 2 amide bonds. The third kappa shape index (κ3) is 3.86. The Morgan fingerprint density at radius 3 is 2.50 bits per heavy atom. The largest absolute Gasteiger partial charge is 0.366 e. The summed E-state index contributed by atoms with van der Waals surface area (Å²) in [6.45, 7) is 0. The van der Waals surface area contributed by atoms with Crippen molar-refractivity contribution < 1.29 is 14.0 Å². The smallest absolute Gasteiger partial charge is 0.255 e. The highest BCUT2D eigenvalue weighted by atomic mass is 19.1. The van der Waals surface area contributed by atoms with E-state index in [0.717, 1.165) is 0 Å². The minimum Gasteiger partial charge on any atom is -0.366 e. The van der Waals surface area contributed by atoms with Gasteiger partial charge in [-0.05, 0) is 60.5 Å². The van der Waals surface area contributed by atoms with Crippen molar-refractivity contribution in [2.24, 2.45) is 5.73 Å². The van der Waals surface area contributed by atoms with E-state index in [0.29, 0.717) is 28.3 Å². The first-order chi connectivity index (χ1) is 14.5. The molecule has 8 heteroatoms. The van der Waals surface area contributed by atoms with Gasteiger partial charge in [-0.1, -0.05) is 12.0 Å². The number of hydrogen-bond donors (Lipinski definition) is 2. The molecule has 0 radical (unpaired) electrons. The maximum Gasteiger partial charge on any atom is 0.255 e. The van der Waals surface area contributed by atoms with Crippen LogP contribution in [0.25, 0.3) is 5.65 Å². The van der Waals surface area contributed by atoms with E-state index in [9.17, 15) is 14.0 Å². The van der Waals surface area contributed by atoms with Gasteiger partial charge in [0.15, 0.2) is 5.65 Å². The Morgan fingerprint density at radius 2 is 1.73 bits per heavy atom. The zero-order valence-corrected chi connectivity index (χ0v) is 15.5. The van der Waals surface area contributed by atoms with Gasteiger partial charge >= 0.3 is 0 Å². The van der Waals surface area contributed by atoms with Crippen LogP contribution in [0.1, 0.15) is 32.1 Å². The van der Waals surface area contributed by atoms with Crippen LogP contribution in [0.15, 0.2) is 66.9 Å². The number of halogens is 1. The number of aromatic nitrogens is 3. The molecular formula is C22H14FN5O2. The second kappa shape index (κ2) is 7.85. The minimum absolute atomic E-state index is 0.101. The number of benzene rings is 2. The lowest BCUT2D eigenvalue weighted by Gasteiger charge is -2.07. The number of fused-ring (bicyclic) bond motifs is 1. The molecule has 2 aromatic carbocycles.